The van der Waals surface area contributed by atoms with E-state index in [1.807, 2.05) is 30.3 Å². The highest BCUT2D eigenvalue weighted by atomic mass is 35.5. The summed E-state index contributed by atoms with van der Waals surface area (Å²) < 4.78 is 5.04. The van der Waals surface area contributed by atoms with Gasteiger partial charge in [0.1, 0.15) is 0 Å². The van der Waals surface area contributed by atoms with Gasteiger partial charge in [-0.25, -0.2) is 0 Å². The molecule has 0 aliphatic rings. The smallest absolute Gasteiger partial charge is 0.176 e. The van der Waals surface area contributed by atoms with Crippen LogP contribution in [0.2, 0.25) is 5.02 Å². The molecule has 0 spiro atoms. The van der Waals surface area contributed by atoms with Crippen LogP contribution in [0.1, 0.15) is 17.2 Å². The Balaban J connectivity index is 0.00000242. The molecule has 4 nitrogen and oxygen atoms in total. The average Bonchev–Trinajstić information content (AvgIpc) is 2.50. The summed E-state index contributed by atoms with van der Waals surface area (Å²) >= 11 is 5.94. The van der Waals surface area contributed by atoms with Gasteiger partial charge in [-0.1, -0.05) is 41.9 Å². The average molecular weight is 344 g/mol. The van der Waals surface area contributed by atoms with Gasteiger partial charge >= 0.3 is 0 Å². The van der Waals surface area contributed by atoms with Gasteiger partial charge in [-0.15, -0.1) is 12.4 Å². The largest absolute Gasteiger partial charge is 0.503 e. The summed E-state index contributed by atoms with van der Waals surface area (Å²) in [4.78, 5) is 0. The van der Waals surface area contributed by atoms with Gasteiger partial charge in [-0.3, -0.25) is 0 Å². The van der Waals surface area contributed by atoms with Crippen molar-refractivity contribution in [2.24, 2.45) is 5.73 Å². The lowest BCUT2D eigenvalue weighted by atomic mass is 9.96. The van der Waals surface area contributed by atoms with E-state index in [2.05, 4.69) is 0 Å². The number of nitrogens with two attached hydrogens (primary N) is 1. The van der Waals surface area contributed by atoms with E-state index < -0.39 is 12.1 Å². The molecular formula is C16H19Cl2NO3. The highest BCUT2D eigenvalue weighted by Gasteiger charge is 2.20. The summed E-state index contributed by atoms with van der Waals surface area (Å²) in [6.45, 7) is 0. The van der Waals surface area contributed by atoms with Crippen LogP contribution in [-0.2, 0) is 6.42 Å². The number of aromatic hydroxyl groups is 1. The quantitative estimate of drug-likeness (QED) is 0.779. The van der Waals surface area contributed by atoms with E-state index >= 15 is 0 Å². The first-order chi connectivity index (χ1) is 10.0. The first-order valence-corrected chi connectivity index (χ1v) is 6.94. The van der Waals surface area contributed by atoms with Crippen LogP contribution in [0.25, 0.3) is 0 Å². The van der Waals surface area contributed by atoms with Gasteiger partial charge in [0.05, 0.1) is 24.3 Å². The first kappa shape index (κ1) is 18.6. The van der Waals surface area contributed by atoms with Gasteiger partial charge in [0.2, 0.25) is 0 Å². The molecule has 2 aromatic rings. The zero-order valence-corrected chi connectivity index (χ0v) is 13.6. The summed E-state index contributed by atoms with van der Waals surface area (Å²) in [5.74, 6) is 0.104. The van der Waals surface area contributed by atoms with E-state index in [-0.39, 0.29) is 28.9 Å². The van der Waals surface area contributed by atoms with E-state index in [0.717, 1.165) is 5.56 Å². The van der Waals surface area contributed by atoms with Crippen LogP contribution in [0.15, 0.2) is 42.5 Å². The van der Waals surface area contributed by atoms with Gasteiger partial charge in [0, 0.05) is 6.42 Å². The van der Waals surface area contributed by atoms with Gasteiger partial charge in [-0.2, -0.15) is 0 Å². The number of halogens is 2. The second-order valence-electron chi connectivity index (χ2n) is 4.84. The number of phenolic OH excluding ortho intramolecular Hbond substituents is 1. The number of aliphatic hydroxyl groups excluding tert-OH is 1. The van der Waals surface area contributed by atoms with Crippen LogP contribution in [0.5, 0.6) is 11.5 Å². The number of hydrogen-bond acceptors (Lipinski definition) is 4. The molecule has 0 amide bonds. The molecule has 0 fully saturated rings. The van der Waals surface area contributed by atoms with Crippen molar-refractivity contribution >= 4 is 24.0 Å². The SMILES string of the molecule is COc1cc([C@H](N)[C@H](O)Cc2ccccc2)cc(Cl)c1O.Cl. The Morgan fingerprint density at radius 3 is 2.45 bits per heavy atom. The Hall–Kier alpha value is -1.46. The molecular weight excluding hydrogens is 325 g/mol. The first-order valence-electron chi connectivity index (χ1n) is 6.57. The predicted molar refractivity (Wildman–Crippen MR) is 90.0 cm³/mol. The third-order valence-electron chi connectivity index (χ3n) is 3.36. The van der Waals surface area contributed by atoms with Crippen LogP contribution < -0.4 is 10.5 Å². The minimum Gasteiger partial charge on any atom is -0.503 e. The van der Waals surface area contributed by atoms with E-state index in [1.165, 1.54) is 13.2 Å². The summed E-state index contributed by atoms with van der Waals surface area (Å²) in [6.07, 6.45) is -0.333. The van der Waals surface area contributed by atoms with Gasteiger partial charge in [0.25, 0.3) is 0 Å². The Morgan fingerprint density at radius 2 is 1.86 bits per heavy atom. The molecule has 0 saturated heterocycles. The Labute approximate surface area is 140 Å². The highest BCUT2D eigenvalue weighted by molar-refractivity contribution is 6.32. The lowest BCUT2D eigenvalue weighted by Crippen LogP contribution is -2.28. The molecule has 2 atom stereocenters. The van der Waals surface area contributed by atoms with Crippen LogP contribution in [0.4, 0.5) is 0 Å². The van der Waals surface area contributed by atoms with Crippen LogP contribution in [-0.4, -0.2) is 23.4 Å². The van der Waals surface area contributed by atoms with Crippen LogP contribution in [0.3, 0.4) is 0 Å². The summed E-state index contributed by atoms with van der Waals surface area (Å²) in [5, 5.41) is 20.1. The number of phenols is 1. The molecule has 0 radical (unpaired) electrons. The third-order valence-corrected chi connectivity index (χ3v) is 3.65. The fourth-order valence-corrected chi connectivity index (χ4v) is 2.37. The molecule has 0 bridgehead atoms. The van der Waals surface area contributed by atoms with Crippen molar-refractivity contribution in [3.63, 3.8) is 0 Å². The second-order valence-corrected chi connectivity index (χ2v) is 5.24. The summed E-state index contributed by atoms with van der Waals surface area (Å²) in [7, 11) is 1.43. The molecule has 4 N–H and O–H groups in total. The highest BCUT2D eigenvalue weighted by Crippen LogP contribution is 2.36. The minimum atomic E-state index is -0.766. The Bertz CT molecular complexity index is 608. The van der Waals surface area contributed by atoms with E-state index in [0.29, 0.717) is 12.0 Å². The molecule has 2 aromatic carbocycles. The Kier molecular flexibility index (Phi) is 6.97. The third kappa shape index (κ3) is 4.27. The van der Waals surface area contributed by atoms with Gasteiger partial charge in [-0.05, 0) is 23.3 Å². The number of aliphatic hydroxyl groups is 1. The lowest BCUT2D eigenvalue weighted by molar-refractivity contribution is 0.145. The molecule has 0 unspecified atom stereocenters. The van der Waals surface area contributed by atoms with Crippen molar-refractivity contribution in [1.29, 1.82) is 0 Å². The topological polar surface area (TPSA) is 75.7 Å². The fourth-order valence-electron chi connectivity index (χ4n) is 2.15. The molecule has 0 saturated carbocycles. The molecule has 0 heterocycles. The number of hydrogen-bond donors (Lipinski definition) is 3. The second kappa shape index (κ2) is 8.25. The maximum Gasteiger partial charge on any atom is 0.176 e. The van der Waals surface area contributed by atoms with Crippen molar-refractivity contribution < 1.29 is 14.9 Å². The van der Waals surface area contributed by atoms with E-state index in [1.54, 1.807) is 6.07 Å². The molecule has 0 aliphatic heterocycles. The van der Waals surface area contributed by atoms with Crippen molar-refractivity contribution in [3.8, 4) is 11.5 Å². The van der Waals surface area contributed by atoms with E-state index in [9.17, 15) is 10.2 Å². The predicted octanol–water partition coefficient (Wildman–Crippen LogP) is 3.08. The van der Waals surface area contributed by atoms with Gasteiger partial charge in [0.15, 0.2) is 11.5 Å². The summed E-state index contributed by atoms with van der Waals surface area (Å²) in [6, 6.07) is 12.1. The maximum atomic E-state index is 10.3. The van der Waals surface area contributed by atoms with Crippen LogP contribution in [0, 0.1) is 0 Å². The molecule has 22 heavy (non-hydrogen) atoms. The van der Waals surface area contributed by atoms with Crippen molar-refractivity contribution in [2.45, 2.75) is 18.6 Å². The van der Waals surface area contributed by atoms with Gasteiger partial charge < -0.3 is 20.7 Å². The molecule has 6 heteroatoms. The molecule has 120 valence electrons. The monoisotopic (exact) mass is 343 g/mol. The maximum absolute atomic E-state index is 10.3. The Morgan fingerprint density at radius 1 is 1.23 bits per heavy atom. The molecule has 2 rings (SSSR count). The zero-order valence-electron chi connectivity index (χ0n) is 12.1. The number of benzene rings is 2. The number of rotatable bonds is 5. The normalized spacial score (nSPS) is 13.1. The molecule has 0 aliphatic carbocycles. The number of ether oxygens (including phenoxy) is 1. The standard InChI is InChI=1S/C16H18ClNO3.ClH/c1-21-14-9-11(8-12(17)16(14)20)15(18)13(19)7-10-5-3-2-4-6-10;/h2-6,8-9,13,15,19-20H,7,18H2,1H3;1H/t13-,15+;/m1./s1. The fraction of sp³-hybridized carbons (Fsp3) is 0.250. The number of methoxy groups -OCH3 is 1. The van der Waals surface area contributed by atoms with Crippen molar-refractivity contribution in [2.75, 3.05) is 7.11 Å². The van der Waals surface area contributed by atoms with Crippen LogP contribution >= 0.6 is 24.0 Å². The van der Waals surface area contributed by atoms with Crippen molar-refractivity contribution in [3.05, 3.63) is 58.6 Å². The van der Waals surface area contributed by atoms with E-state index in [4.69, 9.17) is 22.1 Å². The lowest BCUT2D eigenvalue weighted by Gasteiger charge is -2.20. The zero-order chi connectivity index (χ0) is 15.4. The molecule has 0 aromatic heterocycles. The van der Waals surface area contributed by atoms with Crippen molar-refractivity contribution in [1.82, 2.24) is 0 Å². The summed E-state index contributed by atoms with van der Waals surface area (Å²) in [5.41, 5.74) is 7.69. The minimum absolute atomic E-state index is 0.